The van der Waals surface area contributed by atoms with Gasteiger partial charge in [0.25, 0.3) is 5.91 Å². The first-order valence-electron chi connectivity index (χ1n) is 9.52. The number of rotatable bonds is 10. The number of nitrogens with one attached hydrogen (secondary N) is 1. The van der Waals surface area contributed by atoms with Crippen molar-refractivity contribution in [1.82, 2.24) is 5.32 Å². The second-order valence-corrected chi connectivity index (χ2v) is 6.49. The van der Waals surface area contributed by atoms with Crippen LogP contribution in [0.5, 0.6) is 17.2 Å². The Kier molecular flexibility index (Phi) is 7.52. The van der Waals surface area contributed by atoms with Crippen LogP contribution < -0.4 is 19.5 Å². The molecule has 1 N–H and O–H groups in total. The lowest BCUT2D eigenvalue weighted by Gasteiger charge is -2.10. The van der Waals surface area contributed by atoms with E-state index in [0.717, 1.165) is 29.0 Å². The Morgan fingerprint density at radius 2 is 1.52 bits per heavy atom. The third-order valence-electron chi connectivity index (χ3n) is 4.31. The van der Waals surface area contributed by atoms with Crippen molar-refractivity contribution in [3.63, 3.8) is 0 Å². The predicted molar refractivity (Wildman–Crippen MR) is 112 cm³/mol. The fraction of sp³-hybridized carbons (Fsp3) is 0.208. The Bertz CT molecular complexity index is 894. The second kappa shape index (κ2) is 10.8. The smallest absolute Gasteiger partial charge is 0.257 e. The molecule has 0 spiro atoms. The quantitative estimate of drug-likeness (QED) is 0.567. The normalized spacial score (nSPS) is 10.2. The number of carbonyl (C=O) groups excluding carboxylic acids is 1. The van der Waals surface area contributed by atoms with Gasteiger partial charge in [-0.05, 0) is 53.9 Å². The van der Waals surface area contributed by atoms with E-state index in [9.17, 15) is 4.79 Å². The first-order chi connectivity index (χ1) is 14.2. The Morgan fingerprint density at radius 3 is 2.28 bits per heavy atom. The largest absolute Gasteiger partial charge is 0.497 e. The molecule has 5 heteroatoms. The van der Waals surface area contributed by atoms with Gasteiger partial charge in [-0.15, -0.1) is 0 Å². The van der Waals surface area contributed by atoms with Crippen molar-refractivity contribution in [2.75, 3.05) is 20.3 Å². The number of benzene rings is 3. The van der Waals surface area contributed by atoms with E-state index >= 15 is 0 Å². The van der Waals surface area contributed by atoms with Crippen molar-refractivity contribution < 1.29 is 19.0 Å². The summed E-state index contributed by atoms with van der Waals surface area (Å²) in [6.45, 7) is 1.04. The highest BCUT2D eigenvalue weighted by Gasteiger charge is 2.04. The van der Waals surface area contributed by atoms with Crippen LogP contribution in [0.3, 0.4) is 0 Å². The standard InChI is InChI=1S/C24H25NO4/c1-27-21-10-12-22(13-11-21)29-18-24(26)25-15-14-19-8-5-9-23(16-19)28-17-20-6-3-2-4-7-20/h2-13,16H,14-15,17-18H2,1H3,(H,25,26). The van der Waals surface area contributed by atoms with E-state index in [0.29, 0.717) is 18.9 Å². The maximum atomic E-state index is 12.0. The molecule has 0 fully saturated rings. The summed E-state index contributed by atoms with van der Waals surface area (Å²) in [5, 5.41) is 2.87. The van der Waals surface area contributed by atoms with Crippen LogP contribution in [-0.4, -0.2) is 26.2 Å². The zero-order valence-corrected chi connectivity index (χ0v) is 16.5. The summed E-state index contributed by atoms with van der Waals surface area (Å²) in [4.78, 5) is 12.0. The fourth-order valence-corrected chi connectivity index (χ4v) is 2.75. The molecule has 0 radical (unpaired) electrons. The first-order valence-corrected chi connectivity index (χ1v) is 9.52. The van der Waals surface area contributed by atoms with Crippen LogP contribution in [0.2, 0.25) is 0 Å². The van der Waals surface area contributed by atoms with Crippen LogP contribution in [0.15, 0.2) is 78.9 Å². The summed E-state index contributed by atoms with van der Waals surface area (Å²) in [5.74, 6) is 2.04. The molecule has 0 heterocycles. The minimum atomic E-state index is -0.155. The summed E-state index contributed by atoms with van der Waals surface area (Å²) in [6, 6.07) is 25.1. The molecule has 0 atom stereocenters. The zero-order chi connectivity index (χ0) is 20.3. The SMILES string of the molecule is COc1ccc(OCC(=O)NCCc2cccc(OCc3ccccc3)c2)cc1. The van der Waals surface area contributed by atoms with Crippen LogP contribution in [-0.2, 0) is 17.8 Å². The molecule has 3 aromatic rings. The molecule has 0 saturated heterocycles. The molecule has 3 rings (SSSR count). The summed E-state index contributed by atoms with van der Waals surface area (Å²) >= 11 is 0. The molecule has 0 bridgehead atoms. The van der Waals surface area contributed by atoms with Crippen LogP contribution in [0.1, 0.15) is 11.1 Å². The number of carbonyl (C=O) groups is 1. The number of hydrogen-bond donors (Lipinski definition) is 1. The molecule has 0 unspecified atom stereocenters. The van der Waals surface area contributed by atoms with Crippen molar-refractivity contribution in [3.8, 4) is 17.2 Å². The highest BCUT2D eigenvalue weighted by Crippen LogP contribution is 2.17. The second-order valence-electron chi connectivity index (χ2n) is 6.49. The average Bonchev–Trinajstić information content (AvgIpc) is 2.78. The highest BCUT2D eigenvalue weighted by molar-refractivity contribution is 5.77. The lowest BCUT2D eigenvalue weighted by atomic mass is 10.1. The average molecular weight is 391 g/mol. The van der Waals surface area contributed by atoms with Crippen molar-refractivity contribution in [2.24, 2.45) is 0 Å². The number of amides is 1. The fourth-order valence-electron chi connectivity index (χ4n) is 2.75. The molecule has 0 aromatic heterocycles. The van der Waals surface area contributed by atoms with Crippen molar-refractivity contribution in [3.05, 3.63) is 90.0 Å². The van der Waals surface area contributed by atoms with E-state index in [1.54, 1.807) is 31.4 Å². The van der Waals surface area contributed by atoms with Crippen molar-refractivity contribution >= 4 is 5.91 Å². The third-order valence-corrected chi connectivity index (χ3v) is 4.31. The third kappa shape index (κ3) is 6.88. The molecule has 0 aliphatic heterocycles. The molecular formula is C24H25NO4. The summed E-state index contributed by atoms with van der Waals surface area (Å²) in [6.07, 6.45) is 0.719. The summed E-state index contributed by atoms with van der Waals surface area (Å²) < 4.78 is 16.4. The molecule has 0 aliphatic rings. The van der Waals surface area contributed by atoms with Gasteiger partial charge in [0.2, 0.25) is 0 Å². The van der Waals surface area contributed by atoms with Crippen LogP contribution in [0, 0.1) is 0 Å². The Balaban J connectivity index is 1.38. The number of hydrogen-bond acceptors (Lipinski definition) is 4. The van der Waals surface area contributed by atoms with Crippen molar-refractivity contribution in [2.45, 2.75) is 13.0 Å². The minimum Gasteiger partial charge on any atom is -0.497 e. The van der Waals surface area contributed by atoms with Crippen LogP contribution in [0.25, 0.3) is 0 Å². The van der Waals surface area contributed by atoms with Gasteiger partial charge in [-0.3, -0.25) is 4.79 Å². The van der Waals surface area contributed by atoms with Gasteiger partial charge in [0.05, 0.1) is 7.11 Å². The lowest BCUT2D eigenvalue weighted by Crippen LogP contribution is -2.30. The van der Waals surface area contributed by atoms with Crippen molar-refractivity contribution in [1.29, 1.82) is 0 Å². The van der Waals surface area contributed by atoms with E-state index in [2.05, 4.69) is 5.32 Å². The van der Waals surface area contributed by atoms with Gasteiger partial charge in [0.1, 0.15) is 23.9 Å². The van der Waals surface area contributed by atoms with Gasteiger partial charge in [0, 0.05) is 6.54 Å². The number of methoxy groups -OCH3 is 1. The molecule has 1 amide bonds. The molecule has 5 nitrogen and oxygen atoms in total. The van der Waals surface area contributed by atoms with Crippen LogP contribution in [0.4, 0.5) is 0 Å². The van der Waals surface area contributed by atoms with Gasteiger partial charge < -0.3 is 19.5 Å². The zero-order valence-electron chi connectivity index (χ0n) is 16.5. The highest BCUT2D eigenvalue weighted by atomic mass is 16.5. The Morgan fingerprint density at radius 1 is 0.793 bits per heavy atom. The van der Waals surface area contributed by atoms with Crippen LogP contribution >= 0.6 is 0 Å². The molecule has 3 aromatic carbocycles. The van der Waals surface area contributed by atoms with Gasteiger partial charge in [0.15, 0.2) is 6.61 Å². The van der Waals surface area contributed by atoms with Gasteiger partial charge in [-0.25, -0.2) is 0 Å². The summed E-state index contributed by atoms with van der Waals surface area (Å²) in [5.41, 5.74) is 2.23. The Labute approximate surface area is 171 Å². The van der Waals surface area contributed by atoms with Gasteiger partial charge >= 0.3 is 0 Å². The van der Waals surface area contributed by atoms with E-state index in [1.807, 2.05) is 54.6 Å². The van der Waals surface area contributed by atoms with E-state index in [-0.39, 0.29) is 12.5 Å². The number of ether oxygens (including phenoxy) is 3. The maximum Gasteiger partial charge on any atom is 0.257 e. The Hall–Kier alpha value is -3.47. The molecular weight excluding hydrogens is 366 g/mol. The molecule has 29 heavy (non-hydrogen) atoms. The molecule has 0 saturated carbocycles. The minimum absolute atomic E-state index is 0.0213. The van der Waals surface area contributed by atoms with Gasteiger partial charge in [-0.1, -0.05) is 42.5 Å². The lowest BCUT2D eigenvalue weighted by molar-refractivity contribution is -0.123. The maximum absolute atomic E-state index is 12.0. The molecule has 0 aliphatic carbocycles. The van der Waals surface area contributed by atoms with Gasteiger partial charge in [-0.2, -0.15) is 0 Å². The topological polar surface area (TPSA) is 56.8 Å². The summed E-state index contributed by atoms with van der Waals surface area (Å²) in [7, 11) is 1.61. The molecule has 150 valence electrons. The predicted octanol–water partition coefficient (Wildman–Crippen LogP) is 4.01. The van der Waals surface area contributed by atoms with E-state index < -0.39 is 0 Å². The first kappa shape index (κ1) is 20.3. The van der Waals surface area contributed by atoms with E-state index in [4.69, 9.17) is 14.2 Å². The monoisotopic (exact) mass is 391 g/mol. The van der Waals surface area contributed by atoms with E-state index in [1.165, 1.54) is 0 Å².